The van der Waals surface area contributed by atoms with Gasteiger partial charge in [0, 0.05) is 31.7 Å². The zero-order valence-corrected chi connectivity index (χ0v) is 17.8. The Hall–Kier alpha value is -2.46. The maximum absolute atomic E-state index is 13.0. The molecule has 1 aromatic heterocycles. The first-order chi connectivity index (χ1) is 14.5. The highest BCUT2D eigenvalue weighted by atomic mass is 32.2. The number of benzene rings is 1. The van der Waals surface area contributed by atoms with Crippen LogP contribution in [0.1, 0.15) is 55.3 Å². The number of aromatic nitrogens is 3. The molecule has 0 spiro atoms. The van der Waals surface area contributed by atoms with Gasteiger partial charge in [0.2, 0.25) is 21.9 Å². The summed E-state index contributed by atoms with van der Waals surface area (Å²) in [6, 6.07) is 6.16. The molecule has 0 bridgehead atoms. The quantitative estimate of drug-likeness (QED) is 0.751. The second kappa shape index (κ2) is 9.13. The molecule has 0 radical (unpaired) electrons. The largest absolute Gasteiger partial charge is 0.340 e. The molecule has 2 saturated heterocycles. The number of aromatic amines is 1. The van der Waals surface area contributed by atoms with Crippen LogP contribution in [0.5, 0.6) is 0 Å². The molecule has 2 fully saturated rings. The van der Waals surface area contributed by atoms with Crippen LogP contribution in [0.4, 0.5) is 11.9 Å². The van der Waals surface area contributed by atoms with Gasteiger partial charge in [-0.15, -0.1) is 5.10 Å². The molecule has 9 nitrogen and oxygen atoms in total. The third-order valence-electron chi connectivity index (χ3n) is 5.64. The molecule has 0 aliphatic carbocycles. The van der Waals surface area contributed by atoms with Crippen LogP contribution in [0.15, 0.2) is 29.2 Å². The summed E-state index contributed by atoms with van der Waals surface area (Å²) < 4.78 is 27.5. The van der Waals surface area contributed by atoms with Crippen molar-refractivity contribution in [3.05, 3.63) is 29.8 Å². The van der Waals surface area contributed by atoms with Crippen LogP contribution in [-0.4, -0.2) is 60.0 Å². The van der Waals surface area contributed by atoms with Gasteiger partial charge in [-0.25, -0.2) is 13.5 Å². The van der Waals surface area contributed by atoms with Crippen LogP contribution < -0.4 is 10.2 Å². The fourth-order valence-corrected chi connectivity index (χ4v) is 5.52. The first-order valence-electron chi connectivity index (χ1n) is 10.6. The number of rotatable bonds is 5. The molecule has 1 aromatic carbocycles. The standard InChI is InChI=1S/C20H28N6O3S/c27-18(21-19-22-20(24-23-19)25-11-4-3-5-12-25)16-9-8-10-17(15-16)30(28,29)26-13-6-1-2-7-14-26/h8-10,15H,1-7,11-14H2,(H2,21,22,23,24,27). The summed E-state index contributed by atoms with van der Waals surface area (Å²) >= 11 is 0. The van der Waals surface area contributed by atoms with Crippen molar-refractivity contribution in [2.75, 3.05) is 36.4 Å². The van der Waals surface area contributed by atoms with Crippen LogP contribution >= 0.6 is 0 Å². The maximum atomic E-state index is 13.0. The summed E-state index contributed by atoms with van der Waals surface area (Å²) in [5, 5.41) is 9.61. The summed E-state index contributed by atoms with van der Waals surface area (Å²) in [7, 11) is -3.61. The van der Waals surface area contributed by atoms with Gasteiger partial charge >= 0.3 is 0 Å². The van der Waals surface area contributed by atoms with Gasteiger partial charge < -0.3 is 4.90 Å². The molecule has 1 amide bonds. The molecule has 10 heteroatoms. The molecule has 0 saturated carbocycles. The molecular formula is C20H28N6O3S. The summed E-state index contributed by atoms with van der Waals surface area (Å²) in [6.45, 7) is 2.86. The SMILES string of the molecule is O=C(Nc1nc(N2CCCCC2)n[nH]1)c1cccc(S(=O)(=O)N2CCCCCC2)c1. The number of nitrogens with one attached hydrogen (secondary N) is 2. The molecule has 2 aliphatic heterocycles. The number of hydrogen-bond donors (Lipinski definition) is 2. The minimum Gasteiger partial charge on any atom is -0.340 e. The first-order valence-corrected chi connectivity index (χ1v) is 12.1. The summed E-state index contributed by atoms with van der Waals surface area (Å²) in [5.41, 5.74) is 0.266. The fourth-order valence-electron chi connectivity index (χ4n) is 3.95. The number of anilines is 2. The van der Waals surface area contributed by atoms with Crippen LogP contribution in [-0.2, 0) is 10.0 Å². The van der Waals surface area contributed by atoms with E-state index in [1.54, 1.807) is 18.2 Å². The lowest BCUT2D eigenvalue weighted by Crippen LogP contribution is -2.32. The Morgan fingerprint density at radius 3 is 2.37 bits per heavy atom. The van der Waals surface area contributed by atoms with Crippen molar-refractivity contribution in [3.8, 4) is 0 Å². The molecule has 162 valence electrons. The second-order valence-corrected chi connectivity index (χ2v) is 9.77. The second-order valence-electron chi connectivity index (χ2n) is 7.83. The molecule has 2 aliphatic rings. The van der Waals surface area contributed by atoms with E-state index in [2.05, 4.69) is 25.4 Å². The number of hydrogen-bond acceptors (Lipinski definition) is 6. The number of nitrogens with zero attached hydrogens (tertiary/aromatic N) is 4. The third kappa shape index (κ3) is 4.65. The molecule has 30 heavy (non-hydrogen) atoms. The van der Waals surface area contributed by atoms with Crippen molar-refractivity contribution in [1.29, 1.82) is 0 Å². The Morgan fingerprint density at radius 1 is 0.967 bits per heavy atom. The maximum Gasteiger partial charge on any atom is 0.258 e. The topological polar surface area (TPSA) is 111 Å². The van der Waals surface area contributed by atoms with Crippen molar-refractivity contribution in [2.45, 2.75) is 49.8 Å². The van der Waals surface area contributed by atoms with Crippen LogP contribution in [0.2, 0.25) is 0 Å². The van der Waals surface area contributed by atoms with Crippen molar-refractivity contribution in [1.82, 2.24) is 19.5 Å². The summed E-state index contributed by atoms with van der Waals surface area (Å²) in [6.07, 6.45) is 7.24. The average Bonchev–Trinajstić information content (AvgIpc) is 3.05. The van der Waals surface area contributed by atoms with E-state index in [0.29, 0.717) is 19.0 Å². The molecule has 3 heterocycles. The van der Waals surface area contributed by atoms with Gasteiger partial charge in [-0.05, 0) is 50.3 Å². The Morgan fingerprint density at radius 2 is 1.63 bits per heavy atom. The highest BCUT2D eigenvalue weighted by Gasteiger charge is 2.26. The van der Waals surface area contributed by atoms with Gasteiger partial charge in [0.1, 0.15) is 0 Å². The number of sulfonamides is 1. The zero-order valence-electron chi connectivity index (χ0n) is 17.0. The lowest BCUT2D eigenvalue weighted by Gasteiger charge is -2.24. The van der Waals surface area contributed by atoms with E-state index >= 15 is 0 Å². The lowest BCUT2D eigenvalue weighted by molar-refractivity contribution is 0.102. The predicted octanol–water partition coefficient (Wildman–Crippen LogP) is 2.61. The van der Waals surface area contributed by atoms with Gasteiger partial charge in [0.25, 0.3) is 5.91 Å². The van der Waals surface area contributed by atoms with E-state index in [-0.39, 0.29) is 16.4 Å². The minimum atomic E-state index is -3.61. The number of amides is 1. The minimum absolute atomic E-state index is 0.142. The zero-order chi connectivity index (χ0) is 21.0. The van der Waals surface area contributed by atoms with Crippen molar-refractivity contribution >= 4 is 27.8 Å². The van der Waals surface area contributed by atoms with Gasteiger partial charge in [-0.2, -0.15) is 9.29 Å². The van der Waals surface area contributed by atoms with E-state index in [1.165, 1.54) is 16.8 Å². The smallest absolute Gasteiger partial charge is 0.258 e. The van der Waals surface area contributed by atoms with Gasteiger partial charge in [-0.3, -0.25) is 10.1 Å². The number of H-pyrrole nitrogens is 1. The Balaban J connectivity index is 1.47. The molecule has 0 atom stereocenters. The Kier molecular flexibility index (Phi) is 6.33. The van der Waals surface area contributed by atoms with Gasteiger partial charge in [0.05, 0.1) is 4.90 Å². The molecule has 2 aromatic rings. The first kappa shape index (κ1) is 20.8. The van der Waals surface area contributed by atoms with Crippen molar-refractivity contribution in [2.24, 2.45) is 0 Å². The normalized spacial score (nSPS) is 18.7. The number of carbonyl (C=O) groups is 1. The molecule has 0 unspecified atom stereocenters. The molecular weight excluding hydrogens is 404 g/mol. The Bertz CT molecular complexity index is 976. The Labute approximate surface area is 176 Å². The lowest BCUT2D eigenvalue weighted by atomic mass is 10.1. The van der Waals surface area contributed by atoms with Gasteiger partial charge in [-0.1, -0.05) is 18.9 Å². The van der Waals surface area contributed by atoms with Crippen LogP contribution in [0, 0.1) is 0 Å². The monoisotopic (exact) mass is 432 g/mol. The number of piperidine rings is 1. The predicted molar refractivity (Wildman–Crippen MR) is 114 cm³/mol. The third-order valence-corrected chi connectivity index (χ3v) is 7.54. The highest BCUT2D eigenvalue weighted by molar-refractivity contribution is 7.89. The van der Waals surface area contributed by atoms with Gasteiger partial charge in [0.15, 0.2) is 0 Å². The summed E-state index contributed by atoms with van der Waals surface area (Å²) in [4.78, 5) is 19.3. The highest BCUT2D eigenvalue weighted by Crippen LogP contribution is 2.22. The van der Waals surface area contributed by atoms with E-state index < -0.39 is 15.9 Å². The molecule has 4 rings (SSSR count). The van der Waals surface area contributed by atoms with E-state index in [4.69, 9.17) is 0 Å². The molecule has 2 N–H and O–H groups in total. The number of carbonyl (C=O) groups excluding carboxylic acids is 1. The summed E-state index contributed by atoms with van der Waals surface area (Å²) in [5.74, 6) is 0.396. The fraction of sp³-hybridized carbons (Fsp3) is 0.550. The van der Waals surface area contributed by atoms with E-state index in [9.17, 15) is 13.2 Å². The van der Waals surface area contributed by atoms with Crippen molar-refractivity contribution in [3.63, 3.8) is 0 Å². The van der Waals surface area contributed by atoms with E-state index in [0.717, 1.165) is 51.6 Å². The average molecular weight is 433 g/mol. The van der Waals surface area contributed by atoms with E-state index in [1.807, 2.05) is 0 Å². The van der Waals surface area contributed by atoms with Crippen LogP contribution in [0.3, 0.4) is 0 Å². The van der Waals surface area contributed by atoms with Crippen molar-refractivity contribution < 1.29 is 13.2 Å². The van der Waals surface area contributed by atoms with Crippen LogP contribution in [0.25, 0.3) is 0 Å².